The van der Waals surface area contributed by atoms with Crippen LogP contribution < -0.4 is 5.32 Å². The van der Waals surface area contributed by atoms with Gasteiger partial charge in [0.2, 0.25) is 0 Å². The summed E-state index contributed by atoms with van der Waals surface area (Å²) in [6.07, 6.45) is 6.58. The summed E-state index contributed by atoms with van der Waals surface area (Å²) in [5.74, 6) is 0.243. The average molecular weight is 274 g/mol. The third-order valence-corrected chi connectivity index (χ3v) is 5.20. The zero-order valence-corrected chi connectivity index (χ0v) is 12.4. The van der Waals surface area contributed by atoms with Gasteiger partial charge in [-0.1, -0.05) is 0 Å². The van der Waals surface area contributed by atoms with Crippen molar-refractivity contribution in [2.24, 2.45) is 5.41 Å². The van der Waals surface area contributed by atoms with Crippen LogP contribution in [0.5, 0.6) is 0 Å². The maximum Gasteiger partial charge on any atom is 0.148 e. The zero-order chi connectivity index (χ0) is 13.2. The van der Waals surface area contributed by atoms with E-state index in [9.17, 15) is 8.42 Å². The predicted molar refractivity (Wildman–Crippen MR) is 74.5 cm³/mol. The number of hydrogen-bond acceptors (Lipinski definition) is 4. The Labute approximate surface area is 111 Å². The van der Waals surface area contributed by atoms with Gasteiger partial charge in [0.15, 0.2) is 0 Å². The maximum atomic E-state index is 11.2. The normalized spacial score (nSPS) is 25.2. The topological polar surface area (TPSA) is 49.4 Å². The summed E-state index contributed by atoms with van der Waals surface area (Å²) in [6, 6.07) is 0.0658. The number of rotatable bonds is 7. The summed E-state index contributed by atoms with van der Waals surface area (Å²) in [4.78, 5) is 2.57. The quantitative estimate of drug-likeness (QED) is 0.749. The van der Waals surface area contributed by atoms with Crippen LogP contribution in [0.25, 0.3) is 0 Å². The molecule has 1 heterocycles. The van der Waals surface area contributed by atoms with E-state index in [1.807, 2.05) is 6.92 Å². The van der Waals surface area contributed by atoms with E-state index in [0.29, 0.717) is 5.41 Å². The van der Waals surface area contributed by atoms with E-state index in [2.05, 4.69) is 10.2 Å². The number of likely N-dealkylation sites (tertiary alicyclic amines) is 1. The van der Waals surface area contributed by atoms with Gasteiger partial charge in [-0.15, -0.1) is 0 Å². The van der Waals surface area contributed by atoms with E-state index in [4.69, 9.17) is 0 Å². The minimum atomic E-state index is -2.87. The zero-order valence-electron chi connectivity index (χ0n) is 11.6. The van der Waals surface area contributed by atoms with Crippen molar-refractivity contribution in [1.82, 2.24) is 10.2 Å². The van der Waals surface area contributed by atoms with Gasteiger partial charge >= 0.3 is 0 Å². The molecule has 0 bridgehead atoms. The van der Waals surface area contributed by atoms with Gasteiger partial charge in [0.1, 0.15) is 9.84 Å². The third-order valence-electron chi connectivity index (χ3n) is 4.09. The van der Waals surface area contributed by atoms with Crippen LogP contribution in [0.2, 0.25) is 0 Å². The van der Waals surface area contributed by atoms with Gasteiger partial charge in [0.05, 0.1) is 5.75 Å². The Bertz CT molecular complexity index is 370. The summed E-state index contributed by atoms with van der Waals surface area (Å²) in [5.41, 5.74) is 0.441. The lowest BCUT2D eigenvalue weighted by Crippen LogP contribution is -2.40. The molecular weight excluding hydrogens is 248 g/mol. The van der Waals surface area contributed by atoms with Crippen LogP contribution >= 0.6 is 0 Å². The molecule has 2 aliphatic rings. The largest absolute Gasteiger partial charge is 0.313 e. The second-order valence-electron chi connectivity index (χ2n) is 6.36. The van der Waals surface area contributed by atoms with Crippen LogP contribution in [0.1, 0.15) is 32.6 Å². The Morgan fingerprint density at radius 1 is 1.28 bits per heavy atom. The molecule has 1 aliphatic heterocycles. The van der Waals surface area contributed by atoms with E-state index in [1.54, 1.807) is 0 Å². The molecule has 1 aliphatic carbocycles. The van der Waals surface area contributed by atoms with Crippen LogP contribution in [0.4, 0.5) is 0 Å². The fraction of sp³-hybridized carbons (Fsp3) is 1.00. The molecule has 0 unspecified atom stereocenters. The van der Waals surface area contributed by atoms with Crippen LogP contribution in [-0.2, 0) is 9.84 Å². The first-order valence-corrected chi connectivity index (χ1v) is 9.08. The first-order valence-electron chi connectivity index (χ1n) is 7.02. The molecule has 0 amide bonds. The second-order valence-corrected chi connectivity index (χ2v) is 8.54. The highest BCUT2D eigenvalue weighted by atomic mass is 32.2. The first-order chi connectivity index (χ1) is 8.39. The molecule has 5 heteroatoms. The lowest BCUT2D eigenvalue weighted by atomic mass is 10.1. The monoisotopic (exact) mass is 274 g/mol. The van der Waals surface area contributed by atoms with Crippen LogP contribution in [0.3, 0.4) is 0 Å². The van der Waals surface area contributed by atoms with Gasteiger partial charge in [0.25, 0.3) is 0 Å². The Kier molecular flexibility index (Phi) is 4.34. The molecule has 0 aromatic rings. The van der Waals surface area contributed by atoms with Crippen molar-refractivity contribution in [1.29, 1.82) is 0 Å². The molecule has 1 saturated heterocycles. The number of sulfone groups is 1. The van der Waals surface area contributed by atoms with Crippen LogP contribution in [0.15, 0.2) is 0 Å². The molecule has 0 radical (unpaired) electrons. The fourth-order valence-electron chi connectivity index (χ4n) is 2.89. The van der Waals surface area contributed by atoms with Gasteiger partial charge in [-0.05, 0) is 51.1 Å². The van der Waals surface area contributed by atoms with Crippen molar-refractivity contribution < 1.29 is 8.42 Å². The fourth-order valence-corrected chi connectivity index (χ4v) is 3.91. The van der Waals surface area contributed by atoms with Crippen LogP contribution in [0, 0.1) is 5.41 Å². The maximum absolute atomic E-state index is 11.2. The van der Waals surface area contributed by atoms with Crippen molar-refractivity contribution in [3.63, 3.8) is 0 Å². The second kappa shape index (κ2) is 5.47. The summed E-state index contributed by atoms with van der Waals surface area (Å²) in [7, 11) is -2.87. The van der Waals surface area contributed by atoms with E-state index >= 15 is 0 Å². The van der Waals surface area contributed by atoms with Crippen LogP contribution in [-0.4, -0.2) is 57.5 Å². The molecule has 0 aromatic heterocycles. The Balaban J connectivity index is 1.72. The van der Waals surface area contributed by atoms with Crippen molar-refractivity contribution in [2.45, 2.75) is 38.6 Å². The van der Waals surface area contributed by atoms with Gasteiger partial charge in [-0.3, -0.25) is 0 Å². The van der Waals surface area contributed by atoms with Gasteiger partial charge in [-0.25, -0.2) is 8.42 Å². The molecule has 1 saturated carbocycles. The summed E-state index contributed by atoms with van der Waals surface area (Å²) in [5, 5.41) is 3.41. The highest BCUT2D eigenvalue weighted by molar-refractivity contribution is 7.90. The molecule has 4 nitrogen and oxygen atoms in total. The highest BCUT2D eigenvalue weighted by Gasteiger charge is 2.43. The standard InChI is InChI=1S/C13H26N2O2S/c1-12(9-18(2,16)17)14-10-13(5-6-13)11-15-7-3-4-8-15/h12,14H,3-11H2,1-2H3/t12-/m0/s1. The third kappa shape index (κ3) is 4.52. The molecule has 0 spiro atoms. The Morgan fingerprint density at radius 2 is 1.89 bits per heavy atom. The molecule has 1 N–H and O–H groups in total. The summed E-state index contributed by atoms with van der Waals surface area (Å²) < 4.78 is 22.4. The van der Waals surface area contributed by atoms with E-state index in [-0.39, 0.29) is 11.8 Å². The molecule has 0 aromatic carbocycles. The molecule has 18 heavy (non-hydrogen) atoms. The Morgan fingerprint density at radius 3 is 2.39 bits per heavy atom. The molecular formula is C13H26N2O2S. The van der Waals surface area contributed by atoms with E-state index in [1.165, 1.54) is 51.6 Å². The number of nitrogens with one attached hydrogen (secondary N) is 1. The minimum absolute atomic E-state index is 0.0658. The molecule has 1 atom stereocenters. The van der Waals surface area contributed by atoms with E-state index < -0.39 is 9.84 Å². The predicted octanol–water partition coefficient (Wildman–Crippen LogP) is 0.885. The summed E-state index contributed by atoms with van der Waals surface area (Å²) >= 11 is 0. The van der Waals surface area contributed by atoms with Gasteiger partial charge < -0.3 is 10.2 Å². The lowest BCUT2D eigenvalue weighted by Gasteiger charge is -2.25. The highest BCUT2D eigenvalue weighted by Crippen LogP contribution is 2.46. The minimum Gasteiger partial charge on any atom is -0.313 e. The Hall–Kier alpha value is -0.130. The van der Waals surface area contributed by atoms with Gasteiger partial charge in [-0.2, -0.15) is 0 Å². The molecule has 2 rings (SSSR count). The van der Waals surface area contributed by atoms with Crippen molar-refractivity contribution in [2.75, 3.05) is 38.2 Å². The number of hydrogen-bond donors (Lipinski definition) is 1. The SMILES string of the molecule is C[C@@H](CS(C)(=O)=O)NCC1(CN2CCCC2)CC1. The van der Waals surface area contributed by atoms with Crippen molar-refractivity contribution >= 4 is 9.84 Å². The average Bonchev–Trinajstić information content (AvgIpc) is 2.79. The summed E-state index contributed by atoms with van der Waals surface area (Å²) in [6.45, 7) is 6.64. The molecule has 2 fully saturated rings. The molecule has 106 valence electrons. The number of nitrogens with zero attached hydrogens (tertiary/aromatic N) is 1. The van der Waals surface area contributed by atoms with Crippen molar-refractivity contribution in [3.8, 4) is 0 Å². The van der Waals surface area contributed by atoms with E-state index in [0.717, 1.165) is 6.54 Å². The lowest BCUT2D eigenvalue weighted by molar-refractivity contribution is 0.254. The van der Waals surface area contributed by atoms with Crippen molar-refractivity contribution in [3.05, 3.63) is 0 Å². The smallest absolute Gasteiger partial charge is 0.148 e. The first kappa shape index (κ1) is 14.3. The van der Waals surface area contributed by atoms with Gasteiger partial charge in [0, 0.05) is 25.4 Å².